The van der Waals surface area contributed by atoms with Crippen molar-refractivity contribution in [3.8, 4) is 11.9 Å². The topological polar surface area (TPSA) is 93.6 Å². The monoisotopic (exact) mass is 401 g/mol. The van der Waals surface area contributed by atoms with E-state index in [0.29, 0.717) is 23.3 Å². The number of nitrogens with zero attached hydrogens (tertiary/aromatic N) is 2. The van der Waals surface area contributed by atoms with Crippen LogP contribution in [0.3, 0.4) is 0 Å². The van der Waals surface area contributed by atoms with Gasteiger partial charge in [0, 0.05) is 6.04 Å². The first-order chi connectivity index (χ1) is 13.9. The van der Waals surface area contributed by atoms with Gasteiger partial charge in [0.15, 0.2) is 0 Å². The first-order valence-electron chi connectivity index (χ1n) is 11.1. The van der Waals surface area contributed by atoms with Gasteiger partial charge in [0.2, 0.25) is 5.88 Å². The minimum Gasteiger partial charge on any atom is -0.474 e. The smallest absolute Gasteiger partial charge is 0.319 e. The van der Waals surface area contributed by atoms with Crippen LogP contribution in [0.5, 0.6) is 11.9 Å². The molecule has 1 amide bonds. The van der Waals surface area contributed by atoms with E-state index in [9.17, 15) is 9.90 Å². The zero-order valence-electron chi connectivity index (χ0n) is 17.3. The van der Waals surface area contributed by atoms with Crippen LogP contribution in [-0.4, -0.2) is 44.8 Å². The Kier molecular flexibility index (Phi) is 4.68. The lowest BCUT2D eigenvalue weighted by Crippen LogP contribution is -2.61. The van der Waals surface area contributed by atoms with Gasteiger partial charge in [-0.3, -0.25) is 4.79 Å². The summed E-state index contributed by atoms with van der Waals surface area (Å²) in [5, 5.41) is 14.0. The fourth-order valence-electron chi connectivity index (χ4n) is 5.96. The number of nitrogens with one attached hydrogen (secondary N) is 1. The number of carbonyl (C=O) groups excluding carboxylic acids is 1. The lowest BCUT2D eigenvalue weighted by molar-refractivity contribution is -0.136. The van der Waals surface area contributed by atoms with Crippen LogP contribution in [0.25, 0.3) is 0 Å². The predicted octanol–water partition coefficient (Wildman–Crippen LogP) is 2.86. The maximum atomic E-state index is 13.1. The maximum Gasteiger partial charge on any atom is 0.319 e. The molecule has 7 heteroatoms. The minimum atomic E-state index is -0.507. The molecule has 0 spiro atoms. The summed E-state index contributed by atoms with van der Waals surface area (Å²) in [5.74, 6) is 1.40. The van der Waals surface area contributed by atoms with Gasteiger partial charge in [-0.25, -0.2) is 4.98 Å². The van der Waals surface area contributed by atoms with Crippen molar-refractivity contribution in [3.63, 3.8) is 0 Å². The second-order valence-electron chi connectivity index (χ2n) is 9.90. The molecule has 5 aliphatic carbocycles. The van der Waals surface area contributed by atoms with E-state index in [1.807, 2.05) is 13.8 Å². The Morgan fingerprint density at radius 1 is 1.24 bits per heavy atom. The van der Waals surface area contributed by atoms with Crippen LogP contribution < -0.4 is 14.8 Å². The van der Waals surface area contributed by atoms with Gasteiger partial charge in [0.1, 0.15) is 11.7 Å². The molecule has 5 fully saturated rings. The third-order valence-corrected chi connectivity index (χ3v) is 7.19. The highest BCUT2D eigenvalue weighted by molar-refractivity contribution is 5.96. The van der Waals surface area contributed by atoms with Crippen molar-refractivity contribution < 1.29 is 19.4 Å². The molecule has 7 nitrogen and oxygen atoms in total. The van der Waals surface area contributed by atoms with Crippen LogP contribution in [0.2, 0.25) is 0 Å². The highest BCUT2D eigenvalue weighted by Gasteiger charge is 2.55. The summed E-state index contributed by atoms with van der Waals surface area (Å²) >= 11 is 0. The summed E-state index contributed by atoms with van der Waals surface area (Å²) < 4.78 is 11.6. The Bertz CT molecular complexity index is 778. The number of hydrogen-bond acceptors (Lipinski definition) is 6. The van der Waals surface area contributed by atoms with Crippen LogP contribution in [0.1, 0.15) is 75.6 Å². The molecule has 1 heterocycles. The van der Waals surface area contributed by atoms with Crippen molar-refractivity contribution in [1.82, 2.24) is 15.3 Å². The van der Waals surface area contributed by atoms with E-state index in [0.717, 1.165) is 44.9 Å². The van der Waals surface area contributed by atoms with Gasteiger partial charge < -0.3 is 19.9 Å². The largest absolute Gasteiger partial charge is 0.474 e. The lowest BCUT2D eigenvalue weighted by Gasteiger charge is -2.58. The molecule has 6 rings (SSSR count). The van der Waals surface area contributed by atoms with E-state index in [4.69, 9.17) is 9.47 Å². The molecule has 1 aromatic rings. The van der Waals surface area contributed by atoms with Crippen molar-refractivity contribution in [2.75, 3.05) is 0 Å². The second kappa shape index (κ2) is 7.11. The number of carbonyl (C=O) groups is 1. The first-order valence-corrected chi connectivity index (χ1v) is 11.1. The Hall–Kier alpha value is -1.89. The quantitative estimate of drug-likeness (QED) is 0.761. The molecule has 0 radical (unpaired) electrons. The molecular formula is C22H31N3O4. The first kappa shape index (κ1) is 19.1. The highest BCUT2D eigenvalue weighted by Crippen LogP contribution is 2.55. The number of aromatic nitrogens is 2. The second-order valence-corrected chi connectivity index (χ2v) is 9.90. The summed E-state index contributed by atoms with van der Waals surface area (Å²) in [6, 6.07) is 0.385. The molecule has 29 heavy (non-hydrogen) atoms. The van der Waals surface area contributed by atoms with Gasteiger partial charge in [0.25, 0.3) is 5.91 Å². The summed E-state index contributed by atoms with van der Waals surface area (Å²) in [6.45, 7) is 3.82. The lowest BCUT2D eigenvalue weighted by atomic mass is 9.52. The number of aliphatic hydroxyl groups is 1. The van der Waals surface area contributed by atoms with Gasteiger partial charge in [-0.05, 0) is 83.0 Å². The van der Waals surface area contributed by atoms with Crippen LogP contribution in [0.4, 0.5) is 0 Å². The fourth-order valence-corrected chi connectivity index (χ4v) is 5.96. The summed E-state index contributed by atoms with van der Waals surface area (Å²) in [4.78, 5) is 21.8. The Morgan fingerprint density at radius 2 is 1.97 bits per heavy atom. The van der Waals surface area contributed by atoms with Crippen molar-refractivity contribution >= 4 is 5.91 Å². The molecule has 2 atom stereocenters. The van der Waals surface area contributed by atoms with Crippen LogP contribution >= 0.6 is 0 Å². The van der Waals surface area contributed by atoms with Gasteiger partial charge >= 0.3 is 6.01 Å². The average molecular weight is 402 g/mol. The normalized spacial score (nSPS) is 35.4. The minimum absolute atomic E-state index is 0.108. The van der Waals surface area contributed by atoms with Crippen LogP contribution in [0.15, 0.2) is 6.20 Å². The summed E-state index contributed by atoms with van der Waals surface area (Å²) in [6.07, 6.45) is 9.52. The fraction of sp³-hybridized carbons (Fsp3) is 0.773. The van der Waals surface area contributed by atoms with E-state index in [-0.39, 0.29) is 36.0 Å². The van der Waals surface area contributed by atoms with Gasteiger partial charge in [0.05, 0.1) is 17.9 Å². The molecule has 0 aromatic carbocycles. The molecule has 0 saturated heterocycles. The van der Waals surface area contributed by atoms with Gasteiger partial charge in [-0.1, -0.05) is 0 Å². The molecule has 5 saturated carbocycles. The number of rotatable bonds is 6. The van der Waals surface area contributed by atoms with E-state index < -0.39 is 5.60 Å². The SMILES string of the molecule is CC(C)Oc1nc(OC2CCC2)ncc1C(=O)N[C@H]1C2CC3CC1C[C@@](O)(C3)C2. The average Bonchev–Trinajstić information content (AvgIpc) is 2.59. The molecule has 5 aliphatic rings. The molecular weight excluding hydrogens is 370 g/mol. The van der Waals surface area contributed by atoms with Gasteiger partial charge in [-0.15, -0.1) is 0 Å². The van der Waals surface area contributed by atoms with E-state index in [1.54, 1.807) is 0 Å². The van der Waals surface area contributed by atoms with Crippen LogP contribution in [0, 0.1) is 17.8 Å². The zero-order valence-corrected chi connectivity index (χ0v) is 17.3. The predicted molar refractivity (Wildman–Crippen MR) is 106 cm³/mol. The van der Waals surface area contributed by atoms with Crippen LogP contribution in [-0.2, 0) is 0 Å². The van der Waals surface area contributed by atoms with E-state index in [2.05, 4.69) is 15.3 Å². The molecule has 0 aliphatic heterocycles. The Labute approximate surface area is 171 Å². The maximum absolute atomic E-state index is 13.1. The molecule has 2 unspecified atom stereocenters. The third-order valence-electron chi connectivity index (χ3n) is 7.19. The number of amides is 1. The third kappa shape index (κ3) is 3.69. The zero-order chi connectivity index (χ0) is 20.2. The molecule has 4 bridgehead atoms. The number of hydrogen-bond donors (Lipinski definition) is 2. The molecule has 2 N–H and O–H groups in total. The van der Waals surface area contributed by atoms with Crippen molar-refractivity contribution in [2.24, 2.45) is 17.8 Å². The van der Waals surface area contributed by atoms with E-state index in [1.165, 1.54) is 12.6 Å². The highest BCUT2D eigenvalue weighted by atomic mass is 16.5. The van der Waals surface area contributed by atoms with Crippen molar-refractivity contribution in [2.45, 2.75) is 89.1 Å². The number of ether oxygens (including phenoxy) is 2. The van der Waals surface area contributed by atoms with Crippen molar-refractivity contribution in [3.05, 3.63) is 11.8 Å². The Morgan fingerprint density at radius 3 is 2.55 bits per heavy atom. The molecule has 158 valence electrons. The van der Waals surface area contributed by atoms with E-state index >= 15 is 0 Å². The standard InChI is InChI=1S/C22H31N3O4/c1-12(2)28-20-17(11-23-21(25-20)29-16-4-3-5-16)19(26)24-18-14-6-13-7-15(18)10-22(27,8-13)9-14/h11-16,18,27H,3-10H2,1-2H3,(H,24,26)/t13?,14?,15?,18-,22+. The Balaban J connectivity index is 1.33. The summed E-state index contributed by atoms with van der Waals surface area (Å²) in [7, 11) is 0. The van der Waals surface area contributed by atoms with Crippen molar-refractivity contribution in [1.29, 1.82) is 0 Å². The molecule has 1 aromatic heterocycles. The van der Waals surface area contributed by atoms with Gasteiger partial charge in [-0.2, -0.15) is 4.98 Å². The summed E-state index contributed by atoms with van der Waals surface area (Å²) in [5.41, 5.74) is -0.153.